The summed E-state index contributed by atoms with van der Waals surface area (Å²) in [5.41, 5.74) is 0.201. The first kappa shape index (κ1) is 18.4. The van der Waals surface area contributed by atoms with Crippen molar-refractivity contribution in [3.8, 4) is 0 Å². The zero-order valence-electron chi connectivity index (χ0n) is 13.1. The van der Waals surface area contributed by atoms with E-state index >= 15 is 0 Å². The van der Waals surface area contributed by atoms with Gasteiger partial charge in [-0.3, -0.25) is 0 Å². The van der Waals surface area contributed by atoms with Crippen molar-refractivity contribution in [3.63, 3.8) is 0 Å². The molecule has 0 bridgehead atoms. The molecule has 0 atom stereocenters. The lowest BCUT2D eigenvalue weighted by atomic mass is 9.99. The van der Waals surface area contributed by atoms with Crippen LogP contribution in [0.5, 0.6) is 0 Å². The molecule has 138 valence electrons. The highest BCUT2D eigenvalue weighted by atomic mass is 35.5. The number of amides is 2. The van der Waals surface area contributed by atoms with E-state index < -0.39 is 34.4 Å². The van der Waals surface area contributed by atoms with Crippen LogP contribution in [0.3, 0.4) is 0 Å². The summed E-state index contributed by atoms with van der Waals surface area (Å²) in [6.45, 7) is 0.324. The Morgan fingerprint density at radius 3 is 2.35 bits per heavy atom. The molecule has 9 heteroatoms. The van der Waals surface area contributed by atoms with E-state index in [-0.39, 0.29) is 18.8 Å². The highest BCUT2D eigenvalue weighted by molar-refractivity contribution is 6.31. The molecule has 0 unspecified atom stereocenters. The number of alkyl halides is 3. The van der Waals surface area contributed by atoms with Crippen molar-refractivity contribution >= 4 is 23.3 Å². The average Bonchev–Trinajstić information content (AvgIpc) is 2.54. The van der Waals surface area contributed by atoms with Gasteiger partial charge in [-0.1, -0.05) is 11.6 Å². The number of benzene rings is 2. The number of urea groups is 1. The van der Waals surface area contributed by atoms with Gasteiger partial charge in [0.05, 0.1) is 10.6 Å². The van der Waals surface area contributed by atoms with Gasteiger partial charge in [0, 0.05) is 18.8 Å². The molecule has 0 aliphatic carbocycles. The lowest BCUT2D eigenvalue weighted by molar-refractivity contribution is -0.137. The number of nitrogens with zero attached hydrogens (tertiary/aromatic N) is 1. The molecule has 1 aliphatic heterocycles. The Bertz CT molecular complexity index is 869. The first-order chi connectivity index (χ1) is 12.1. The Balaban J connectivity index is 1.73. The van der Waals surface area contributed by atoms with Gasteiger partial charge < -0.3 is 10.2 Å². The van der Waals surface area contributed by atoms with E-state index in [1.54, 1.807) is 0 Å². The number of hydrogen-bond donors (Lipinski definition) is 1. The van der Waals surface area contributed by atoms with Gasteiger partial charge in [-0.05, 0) is 47.9 Å². The average molecular weight is 391 g/mol. The van der Waals surface area contributed by atoms with Crippen molar-refractivity contribution in [3.05, 3.63) is 63.7 Å². The second-order valence-corrected chi connectivity index (χ2v) is 6.24. The van der Waals surface area contributed by atoms with Crippen molar-refractivity contribution < 1.29 is 26.7 Å². The highest BCUT2D eigenvalue weighted by Crippen LogP contribution is 2.36. The van der Waals surface area contributed by atoms with Gasteiger partial charge in [0.2, 0.25) is 0 Å². The molecule has 2 amide bonds. The van der Waals surface area contributed by atoms with Crippen LogP contribution in [-0.4, -0.2) is 17.5 Å². The minimum Gasteiger partial charge on any atom is -0.320 e. The number of nitrogens with one attached hydrogen (secondary N) is 1. The molecule has 26 heavy (non-hydrogen) atoms. The number of anilines is 1. The Kier molecular flexibility index (Phi) is 4.79. The molecule has 2 aromatic carbocycles. The molecular weight excluding hydrogens is 379 g/mol. The zero-order valence-corrected chi connectivity index (χ0v) is 13.9. The fourth-order valence-corrected chi connectivity index (χ4v) is 3.04. The SMILES string of the molecule is O=C(Nc1ccc(C(F)(F)F)c(Cl)c1)N1CCc2cc(F)c(F)cc2C1. The van der Waals surface area contributed by atoms with Crippen molar-refractivity contribution in [2.24, 2.45) is 0 Å². The van der Waals surface area contributed by atoms with Crippen molar-refractivity contribution in [1.29, 1.82) is 0 Å². The molecule has 0 radical (unpaired) electrons. The number of carbonyl (C=O) groups excluding carboxylic acids is 1. The van der Waals surface area contributed by atoms with Gasteiger partial charge >= 0.3 is 12.2 Å². The minimum atomic E-state index is -4.59. The number of carbonyl (C=O) groups is 1. The Morgan fingerprint density at radius 2 is 1.73 bits per heavy atom. The van der Waals surface area contributed by atoms with Gasteiger partial charge in [0.25, 0.3) is 0 Å². The molecule has 1 aliphatic rings. The molecule has 0 saturated carbocycles. The summed E-state index contributed by atoms with van der Waals surface area (Å²) in [6, 6.07) is 4.46. The molecule has 0 aromatic heterocycles. The molecule has 3 rings (SSSR count). The number of rotatable bonds is 1. The maximum absolute atomic E-state index is 13.4. The standard InChI is InChI=1S/C17H12ClF5N2O/c18-13-7-11(1-2-12(13)17(21,22)23)24-16(26)25-4-3-9-5-14(19)15(20)6-10(9)8-25/h1-2,5-7H,3-4,8H2,(H,24,26). The van der Waals surface area contributed by atoms with Gasteiger partial charge in [-0.15, -0.1) is 0 Å². The monoisotopic (exact) mass is 390 g/mol. The van der Waals surface area contributed by atoms with Crippen LogP contribution in [0.4, 0.5) is 32.4 Å². The summed E-state index contributed by atoms with van der Waals surface area (Å²) < 4.78 is 64.7. The smallest absolute Gasteiger partial charge is 0.320 e. The molecule has 0 saturated heterocycles. The van der Waals surface area contributed by atoms with E-state index in [0.29, 0.717) is 17.5 Å². The van der Waals surface area contributed by atoms with Crippen molar-refractivity contribution in [1.82, 2.24) is 4.90 Å². The number of halogens is 6. The summed E-state index contributed by atoms with van der Waals surface area (Å²) in [6.07, 6.45) is -4.25. The van der Waals surface area contributed by atoms with E-state index in [1.807, 2.05) is 0 Å². The summed E-state index contributed by atoms with van der Waals surface area (Å²) in [5.74, 6) is -1.94. The van der Waals surface area contributed by atoms with Crippen molar-refractivity contribution in [2.45, 2.75) is 19.1 Å². The fourth-order valence-electron chi connectivity index (χ4n) is 2.75. The first-order valence-electron chi connectivity index (χ1n) is 7.54. The van der Waals surface area contributed by atoms with Gasteiger partial charge in [-0.2, -0.15) is 13.2 Å². The van der Waals surface area contributed by atoms with Crippen molar-refractivity contribution in [2.75, 3.05) is 11.9 Å². The molecule has 2 aromatic rings. The lowest BCUT2D eigenvalue weighted by Crippen LogP contribution is -2.39. The van der Waals surface area contributed by atoms with E-state index in [4.69, 9.17) is 11.6 Å². The molecule has 0 fully saturated rings. The third kappa shape index (κ3) is 3.75. The Morgan fingerprint density at radius 1 is 1.08 bits per heavy atom. The predicted octanol–water partition coefficient (Wildman–Crippen LogP) is 5.23. The van der Waals surface area contributed by atoms with Crippen LogP contribution in [0.1, 0.15) is 16.7 Å². The lowest BCUT2D eigenvalue weighted by Gasteiger charge is -2.29. The Labute approximate surface area is 150 Å². The minimum absolute atomic E-state index is 0.0622. The fraction of sp³-hybridized carbons (Fsp3) is 0.235. The van der Waals surface area contributed by atoms with Crippen LogP contribution in [0, 0.1) is 11.6 Å². The predicted molar refractivity (Wildman–Crippen MR) is 85.9 cm³/mol. The second kappa shape index (κ2) is 6.75. The van der Waals surface area contributed by atoms with E-state index in [1.165, 1.54) is 4.90 Å². The summed E-state index contributed by atoms with van der Waals surface area (Å²) in [7, 11) is 0. The molecular formula is C17H12ClF5N2O. The van der Waals surface area contributed by atoms with Crippen LogP contribution >= 0.6 is 11.6 Å². The summed E-state index contributed by atoms with van der Waals surface area (Å²) in [4.78, 5) is 13.7. The zero-order chi connectivity index (χ0) is 19.1. The summed E-state index contributed by atoms with van der Waals surface area (Å²) in [5, 5.41) is 1.92. The van der Waals surface area contributed by atoms with E-state index in [9.17, 15) is 26.7 Å². The first-order valence-corrected chi connectivity index (χ1v) is 7.92. The number of fused-ring (bicyclic) bond motifs is 1. The van der Waals surface area contributed by atoms with Crippen LogP contribution < -0.4 is 5.32 Å². The maximum Gasteiger partial charge on any atom is 0.417 e. The largest absolute Gasteiger partial charge is 0.417 e. The van der Waals surface area contributed by atoms with Crippen LogP contribution in [0.25, 0.3) is 0 Å². The van der Waals surface area contributed by atoms with Gasteiger partial charge in [0.15, 0.2) is 11.6 Å². The van der Waals surface area contributed by atoms with Gasteiger partial charge in [-0.25, -0.2) is 13.6 Å². The molecule has 0 spiro atoms. The van der Waals surface area contributed by atoms with E-state index in [2.05, 4.69) is 5.32 Å². The number of hydrogen-bond acceptors (Lipinski definition) is 1. The normalized spacial score (nSPS) is 14.2. The quantitative estimate of drug-likeness (QED) is 0.665. The third-order valence-electron chi connectivity index (χ3n) is 4.07. The molecule has 3 nitrogen and oxygen atoms in total. The summed E-state index contributed by atoms with van der Waals surface area (Å²) >= 11 is 5.62. The van der Waals surface area contributed by atoms with Gasteiger partial charge in [0.1, 0.15) is 0 Å². The highest BCUT2D eigenvalue weighted by Gasteiger charge is 2.33. The Hall–Kier alpha value is -2.35. The van der Waals surface area contributed by atoms with E-state index in [0.717, 1.165) is 30.3 Å². The molecule has 1 N–H and O–H groups in total. The van der Waals surface area contributed by atoms with Crippen LogP contribution in [0.2, 0.25) is 5.02 Å². The topological polar surface area (TPSA) is 32.3 Å². The van der Waals surface area contributed by atoms with Crippen LogP contribution in [-0.2, 0) is 19.1 Å². The maximum atomic E-state index is 13.4. The third-order valence-corrected chi connectivity index (χ3v) is 4.38. The molecule has 1 heterocycles. The second-order valence-electron chi connectivity index (χ2n) is 5.83. The van der Waals surface area contributed by atoms with Crippen LogP contribution in [0.15, 0.2) is 30.3 Å².